The summed E-state index contributed by atoms with van der Waals surface area (Å²) in [5.41, 5.74) is 0.153. The molecule has 0 saturated carbocycles. The smallest absolute Gasteiger partial charge is 0.338 e. The van der Waals surface area contributed by atoms with Gasteiger partial charge in [0.15, 0.2) is 0 Å². The molecule has 6 heteroatoms. The van der Waals surface area contributed by atoms with Gasteiger partial charge >= 0.3 is 5.97 Å². The van der Waals surface area contributed by atoms with Crippen molar-refractivity contribution in [3.05, 3.63) is 16.5 Å². The number of hydrogen-bond acceptors (Lipinski definition) is 4. The van der Waals surface area contributed by atoms with E-state index < -0.39 is 5.97 Å². The van der Waals surface area contributed by atoms with Crippen molar-refractivity contribution in [3.63, 3.8) is 0 Å². The number of hydrogen-bond donors (Lipinski definition) is 2. The molecule has 1 fully saturated rings. The Morgan fingerprint density at radius 3 is 2.94 bits per heavy atom. The fraction of sp³-hybridized carbons (Fsp3) is 0.455. The van der Waals surface area contributed by atoms with Crippen LogP contribution in [0.4, 0.5) is 5.00 Å². The molecule has 1 aliphatic rings. The SMILES string of the molecule is Cc1cc(C(=O)O)c(NC(=O)C2CCOC2)s1. The topological polar surface area (TPSA) is 75.6 Å². The highest BCUT2D eigenvalue weighted by atomic mass is 32.1. The summed E-state index contributed by atoms with van der Waals surface area (Å²) in [6.07, 6.45) is 0.693. The van der Waals surface area contributed by atoms with Gasteiger partial charge in [-0.2, -0.15) is 0 Å². The molecule has 1 aromatic heterocycles. The van der Waals surface area contributed by atoms with Gasteiger partial charge in [0, 0.05) is 11.5 Å². The van der Waals surface area contributed by atoms with Crippen LogP contribution < -0.4 is 5.32 Å². The number of aryl methyl sites for hydroxylation is 1. The van der Waals surface area contributed by atoms with Gasteiger partial charge in [-0.1, -0.05) is 0 Å². The second kappa shape index (κ2) is 4.85. The highest BCUT2D eigenvalue weighted by Gasteiger charge is 2.25. The first-order valence-corrected chi connectivity index (χ1v) is 6.12. The Balaban J connectivity index is 2.12. The number of thiophene rings is 1. The summed E-state index contributed by atoms with van der Waals surface area (Å²) in [5, 5.41) is 12.1. The van der Waals surface area contributed by atoms with Crippen LogP contribution in [0.5, 0.6) is 0 Å². The molecule has 0 bridgehead atoms. The van der Waals surface area contributed by atoms with Gasteiger partial charge in [-0.15, -0.1) is 11.3 Å². The Morgan fingerprint density at radius 1 is 1.59 bits per heavy atom. The number of carbonyl (C=O) groups excluding carboxylic acids is 1. The molecule has 0 radical (unpaired) electrons. The zero-order valence-electron chi connectivity index (χ0n) is 9.36. The summed E-state index contributed by atoms with van der Waals surface area (Å²) >= 11 is 1.28. The number of carbonyl (C=O) groups is 2. The highest BCUT2D eigenvalue weighted by Crippen LogP contribution is 2.28. The molecule has 1 unspecified atom stereocenters. The molecule has 2 rings (SSSR count). The van der Waals surface area contributed by atoms with Gasteiger partial charge in [0.05, 0.1) is 18.1 Å². The highest BCUT2D eigenvalue weighted by molar-refractivity contribution is 7.16. The second-order valence-electron chi connectivity index (χ2n) is 3.95. The lowest BCUT2D eigenvalue weighted by molar-refractivity contribution is -0.119. The largest absolute Gasteiger partial charge is 0.478 e. The van der Waals surface area contributed by atoms with Gasteiger partial charge < -0.3 is 15.2 Å². The Kier molecular flexibility index (Phi) is 3.44. The van der Waals surface area contributed by atoms with Crippen molar-refractivity contribution >= 4 is 28.2 Å². The molecule has 1 aromatic rings. The van der Waals surface area contributed by atoms with E-state index in [1.165, 1.54) is 11.3 Å². The molecule has 1 saturated heterocycles. The normalized spacial score (nSPS) is 19.2. The molecule has 1 aliphatic heterocycles. The first-order chi connectivity index (χ1) is 8.08. The lowest BCUT2D eigenvalue weighted by atomic mass is 10.1. The lowest BCUT2D eigenvalue weighted by Crippen LogP contribution is -2.23. The van der Waals surface area contributed by atoms with Gasteiger partial charge in [0.1, 0.15) is 5.00 Å². The number of amides is 1. The molecule has 5 nitrogen and oxygen atoms in total. The fourth-order valence-corrected chi connectivity index (χ4v) is 2.63. The van der Waals surface area contributed by atoms with Crippen LogP contribution in [0.3, 0.4) is 0 Å². The minimum atomic E-state index is -1.02. The van der Waals surface area contributed by atoms with Crippen LogP contribution in [0.1, 0.15) is 21.7 Å². The van der Waals surface area contributed by atoms with E-state index in [9.17, 15) is 9.59 Å². The molecule has 0 spiro atoms. The third-order valence-electron chi connectivity index (χ3n) is 2.62. The number of nitrogens with one attached hydrogen (secondary N) is 1. The number of aromatic carboxylic acids is 1. The number of carboxylic acid groups (broad SMARTS) is 1. The molecular formula is C11H13NO4S. The van der Waals surface area contributed by atoms with Gasteiger partial charge in [0.2, 0.25) is 5.91 Å². The van der Waals surface area contributed by atoms with Crippen molar-refractivity contribution in [3.8, 4) is 0 Å². The predicted octanol–water partition coefficient (Wildman–Crippen LogP) is 1.73. The summed E-state index contributed by atoms with van der Waals surface area (Å²) < 4.78 is 5.13. The van der Waals surface area contributed by atoms with Crippen molar-refractivity contribution < 1.29 is 19.4 Å². The molecule has 0 aromatic carbocycles. The summed E-state index contributed by atoms with van der Waals surface area (Å²) in [6.45, 7) is 2.82. The third kappa shape index (κ3) is 2.65. The molecule has 92 valence electrons. The number of carboxylic acids is 1. The number of rotatable bonds is 3. The van der Waals surface area contributed by atoms with Crippen LogP contribution in [0.2, 0.25) is 0 Å². The van der Waals surface area contributed by atoms with E-state index in [4.69, 9.17) is 9.84 Å². The average molecular weight is 255 g/mol. The van der Waals surface area contributed by atoms with E-state index >= 15 is 0 Å². The van der Waals surface area contributed by atoms with Crippen LogP contribution >= 0.6 is 11.3 Å². The standard InChI is InChI=1S/C11H13NO4S/c1-6-4-8(11(14)15)10(17-6)12-9(13)7-2-3-16-5-7/h4,7H,2-3,5H2,1H3,(H,12,13)(H,14,15). The summed E-state index contributed by atoms with van der Waals surface area (Å²) in [4.78, 5) is 23.7. The zero-order chi connectivity index (χ0) is 12.4. The second-order valence-corrected chi connectivity index (χ2v) is 5.21. The molecule has 2 heterocycles. The molecule has 0 aliphatic carbocycles. The predicted molar refractivity (Wildman–Crippen MR) is 63.6 cm³/mol. The Morgan fingerprint density at radius 2 is 2.35 bits per heavy atom. The van der Waals surface area contributed by atoms with Crippen molar-refractivity contribution in [1.82, 2.24) is 0 Å². The average Bonchev–Trinajstić information content (AvgIpc) is 2.86. The maximum atomic E-state index is 11.8. The lowest BCUT2D eigenvalue weighted by Gasteiger charge is -2.08. The summed E-state index contributed by atoms with van der Waals surface area (Å²) in [7, 11) is 0. The van der Waals surface area contributed by atoms with Crippen molar-refractivity contribution in [2.75, 3.05) is 18.5 Å². The Hall–Kier alpha value is -1.40. The molecule has 2 N–H and O–H groups in total. The minimum Gasteiger partial charge on any atom is -0.478 e. The minimum absolute atomic E-state index is 0.153. The van der Waals surface area contributed by atoms with E-state index in [0.717, 1.165) is 4.88 Å². The molecule has 1 atom stereocenters. The third-order valence-corrected chi connectivity index (χ3v) is 3.59. The van der Waals surface area contributed by atoms with Crippen LogP contribution in [0.15, 0.2) is 6.07 Å². The van der Waals surface area contributed by atoms with E-state index in [2.05, 4.69) is 5.32 Å². The van der Waals surface area contributed by atoms with Gasteiger partial charge in [-0.3, -0.25) is 4.79 Å². The van der Waals surface area contributed by atoms with E-state index in [1.54, 1.807) is 6.07 Å². The van der Waals surface area contributed by atoms with Crippen LogP contribution in [0.25, 0.3) is 0 Å². The van der Waals surface area contributed by atoms with E-state index in [1.807, 2.05) is 6.92 Å². The molecule has 1 amide bonds. The first-order valence-electron chi connectivity index (χ1n) is 5.30. The number of ether oxygens (including phenoxy) is 1. The van der Waals surface area contributed by atoms with E-state index in [-0.39, 0.29) is 17.4 Å². The monoisotopic (exact) mass is 255 g/mol. The Bertz CT molecular complexity index is 448. The molecular weight excluding hydrogens is 242 g/mol. The summed E-state index contributed by atoms with van der Waals surface area (Å²) in [5.74, 6) is -1.35. The van der Waals surface area contributed by atoms with Crippen LogP contribution in [-0.4, -0.2) is 30.2 Å². The van der Waals surface area contributed by atoms with Gasteiger partial charge in [0.25, 0.3) is 0 Å². The van der Waals surface area contributed by atoms with Crippen molar-refractivity contribution in [2.45, 2.75) is 13.3 Å². The first kappa shape index (κ1) is 12.1. The summed E-state index contributed by atoms with van der Waals surface area (Å²) in [6, 6.07) is 1.56. The van der Waals surface area contributed by atoms with Gasteiger partial charge in [-0.25, -0.2) is 4.79 Å². The quantitative estimate of drug-likeness (QED) is 0.862. The maximum Gasteiger partial charge on any atom is 0.338 e. The van der Waals surface area contributed by atoms with Gasteiger partial charge in [-0.05, 0) is 19.4 Å². The fourth-order valence-electron chi connectivity index (χ4n) is 1.72. The van der Waals surface area contributed by atoms with Crippen LogP contribution in [-0.2, 0) is 9.53 Å². The maximum absolute atomic E-state index is 11.8. The van der Waals surface area contributed by atoms with Crippen molar-refractivity contribution in [2.24, 2.45) is 5.92 Å². The number of anilines is 1. The van der Waals surface area contributed by atoms with E-state index in [0.29, 0.717) is 24.6 Å². The Labute approximate surface area is 102 Å². The van der Waals surface area contributed by atoms with Crippen LogP contribution in [0, 0.1) is 12.8 Å². The zero-order valence-corrected chi connectivity index (χ0v) is 10.2. The molecule has 17 heavy (non-hydrogen) atoms. The van der Waals surface area contributed by atoms with Crippen molar-refractivity contribution in [1.29, 1.82) is 0 Å².